The van der Waals surface area contributed by atoms with Crippen molar-refractivity contribution in [3.63, 3.8) is 0 Å². The molecule has 0 saturated heterocycles. The van der Waals surface area contributed by atoms with Gasteiger partial charge in [-0.05, 0) is 0 Å². The standard InChI is InChI=1S/C11H21N3O3S/c1-6-9(8-12)11(13(3)10(15)7-2)14(4)18(5,16)17/h6H,1,7-8,12H2,2-5H3. The summed E-state index contributed by atoms with van der Waals surface area (Å²) in [5.41, 5.74) is 6.05. The third-order valence-electron chi connectivity index (χ3n) is 2.54. The number of hydrogen-bond acceptors (Lipinski definition) is 4. The molecular weight excluding hydrogens is 254 g/mol. The SMILES string of the molecule is C=CC(CN)=C(N(C)C(=O)CC)N(C)S(C)(=O)=O. The van der Waals surface area contributed by atoms with Crippen molar-refractivity contribution in [2.45, 2.75) is 13.3 Å². The Kier molecular flexibility index (Phi) is 6.07. The first-order valence-corrected chi connectivity index (χ1v) is 7.31. The number of sulfonamides is 1. The number of nitrogens with zero attached hydrogens (tertiary/aromatic N) is 2. The number of hydrogen-bond donors (Lipinski definition) is 1. The van der Waals surface area contributed by atoms with Crippen molar-refractivity contribution in [3.8, 4) is 0 Å². The van der Waals surface area contributed by atoms with E-state index in [0.29, 0.717) is 5.57 Å². The van der Waals surface area contributed by atoms with Gasteiger partial charge in [-0.15, -0.1) is 0 Å². The molecule has 0 heterocycles. The largest absolute Gasteiger partial charge is 0.326 e. The molecule has 0 radical (unpaired) electrons. The Morgan fingerprint density at radius 3 is 2.17 bits per heavy atom. The number of carbonyl (C=O) groups excluding carboxylic acids is 1. The molecule has 18 heavy (non-hydrogen) atoms. The molecular formula is C11H21N3O3S. The second-order valence-corrected chi connectivity index (χ2v) is 5.81. The first-order chi connectivity index (χ1) is 8.20. The van der Waals surface area contributed by atoms with Crippen LogP contribution in [0.2, 0.25) is 0 Å². The lowest BCUT2D eigenvalue weighted by Gasteiger charge is -2.29. The molecule has 0 atom stereocenters. The highest BCUT2D eigenvalue weighted by molar-refractivity contribution is 7.88. The highest BCUT2D eigenvalue weighted by Crippen LogP contribution is 2.17. The van der Waals surface area contributed by atoms with Gasteiger partial charge in [0.05, 0.1) is 6.26 Å². The van der Waals surface area contributed by atoms with Gasteiger partial charge in [-0.3, -0.25) is 9.10 Å². The zero-order valence-electron chi connectivity index (χ0n) is 11.3. The van der Waals surface area contributed by atoms with Crippen LogP contribution in [-0.2, 0) is 14.8 Å². The normalized spacial score (nSPS) is 12.7. The van der Waals surface area contributed by atoms with Crippen molar-refractivity contribution in [3.05, 3.63) is 24.0 Å². The van der Waals surface area contributed by atoms with Crippen LogP contribution in [0.5, 0.6) is 0 Å². The molecule has 7 heteroatoms. The predicted molar refractivity (Wildman–Crippen MR) is 71.9 cm³/mol. The summed E-state index contributed by atoms with van der Waals surface area (Å²) in [5.74, 6) is 0.0372. The number of rotatable bonds is 6. The van der Waals surface area contributed by atoms with Crippen molar-refractivity contribution in [2.24, 2.45) is 5.73 Å². The Bertz CT molecular complexity index is 454. The van der Waals surface area contributed by atoms with E-state index in [-0.39, 0.29) is 24.7 Å². The van der Waals surface area contributed by atoms with Crippen LogP contribution in [0.15, 0.2) is 24.0 Å². The highest BCUT2D eigenvalue weighted by atomic mass is 32.2. The minimum absolute atomic E-state index is 0.0972. The molecule has 0 spiro atoms. The number of amides is 1. The van der Waals surface area contributed by atoms with Crippen LogP contribution in [0, 0.1) is 0 Å². The summed E-state index contributed by atoms with van der Waals surface area (Å²) in [6.45, 7) is 5.39. The molecule has 0 unspecified atom stereocenters. The monoisotopic (exact) mass is 275 g/mol. The molecule has 0 aromatic carbocycles. The molecule has 0 aliphatic rings. The Labute approximate surface area is 109 Å². The zero-order chi connectivity index (χ0) is 14.5. The van der Waals surface area contributed by atoms with Gasteiger partial charge in [0, 0.05) is 32.6 Å². The van der Waals surface area contributed by atoms with E-state index in [1.54, 1.807) is 6.92 Å². The van der Waals surface area contributed by atoms with Crippen LogP contribution in [0.4, 0.5) is 0 Å². The van der Waals surface area contributed by atoms with Crippen molar-refractivity contribution in [1.29, 1.82) is 0 Å². The van der Waals surface area contributed by atoms with Gasteiger partial charge in [-0.2, -0.15) is 0 Å². The fourth-order valence-electron chi connectivity index (χ4n) is 1.41. The average molecular weight is 275 g/mol. The second kappa shape index (κ2) is 6.55. The molecule has 0 aromatic heterocycles. The smallest absolute Gasteiger partial charge is 0.233 e. The first-order valence-electron chi connectivity index (χ1n) is 5.46. The molecule has 6 nitrogen and oxygen atoms in total. The molecule has 0 aromatic rings. The van der Waals surface area contributed by atoms with E-state index in [1.165, 1.54) is 25.1 Å². The van der Waals surface area contributed by atoms with Crippen LogP contribution in [0.3, 0.4) is 0 Å². The van der Waals surface area contributed by atoms with E-state index in [2.05, 4.69) is 6.58 Å². The summed E-state index contributed by atoms with van der Waals surface area (Å²) < 4.78 is 24.2. The van der Waals surface area contributed by atoms with Crippen molar-refractivity contribution >= 4 is 15.9 Å². The minimum atomic E-state index is -3.48. The summed E-state index contributed by atoms with van der Waals surface area (Å²) >= 11 is 0. The molecule has 0 saturated carbocycles. The Balaban J connectivity index is 5.82. The Morgan fingerprint density at radius 2 is 1.89 bits per heavy atom. The quantitative estimate of drug-likeness (QED) is 0.697. The Hall–Kier alpha value is -1.34. The van der Waals surface area contributed by atoms with Crippen molar-refractivity contribution in [1.82, 2.24) is 9.21 Å². The zero-order valence-corrected chi connectivity index (χ0v) is 12.1. The number of nitrogens with two attached hydrogens (primary N) is 1. The third kappa shape index (κ3) is 3.85. The maximum atomic E-state index is 11.7. The number of carbonyl (C=O) groups is 1. The van der Waals surface area contributed by atoms with Crippen LogP contribution in [0.25, 0.3) is 0 Å². The summed E-state index contributed by atoms with van der Waals surface area (Å²) in [5, 5.41) is 0. The summed E-state index contributed by atoms with van der Waals surface area (Å²) in [4.78, 5) is 13.0. The lowest BCUT2D eigenvalue weighted by atomic mass is 10.2. The van der Waals surface area contributed by atoms with E-state index in [1.807, 2.05) is 0 Å². The van der Waals surface area contributed by atoms with E-state index in [0.717, 1.165) is 10.6 Å². The molecule has 0 bridgehead atoms. The lowest BCUT2D eigenvalue weighted by molar-refractivity contribution is -0.128. The molecule has 104 valence electrons. The molecule has 0 fully saturated rings. The first kappa shape index (κ1) is 16.7. The highest BCUT2D eigenvalue weighted by Gasteiger charge is 2.23. The van der Waals surface area contributed by atoms with Crippen LogP contribution in [0.1, 0.15) is 13.3 Å². The average Bonchev–Trinajstić information content (AvgIpc) is 2.31. The molecule has 2 N–H and O–H groups in total. The molecule has 0 aliphatic carbocycles. The van der Waals surface area contributed by atoms with Gasteiger partial charge >= 0.3 is 0 Å². The summed E-state index contributed by atoms with van der Waals surface area (Å²) in [6.07, 6.45) is 2.79. The predicted octanol–water partition coefficient (Wildman–Crippen LogP) is 0.103. The van der Waals surface area contributed by atoms with E-state index < -0.39 is 10.0 Å². The van der Waals surface area contributed by atoms with Gasteiger partial charge < -0.3 is 10.6 Å². The van der Waals surface area contributed by atoms with Crippen LogP contribution >= 0.6 is 0 Å². The molecule has 0 rings (SSSR count). The molecule has 1 amide bonds. The maximum Gasteiger partial charge on any atom is 0.233 e. The Morgan fingerprint density at radius 1 is 1.39 bits per heavy atom. The summed E-state index contributed by atoms with van der Waals surface area (Å²) in [7, 11) is -0.582. The second-order valence-electron chi connectivity index (χ2n) is 3.79. The topological polar surface area (TPSA) is 83.7 Å². The summed E-state index contributed by atoms with van der Waals surface area (Å²) in [6, 6.07) is 0. The van der Waals surface area contributed by atoms with Gasteiger partial charge in [0.1, 0.15) is 5.82 Å². The van der Waals surface area contributed by atoms with Crippen LogP contribution in [-0.4, -0.2) is 50.4 Å². The van der Waals surface area contributed by atoms with Crippen molar-refractivity contribution in [2.75, 3.05) is 26.9 Å². The fourth-order valence-corrected chi connectivity index (χ4v) is 1.96. The van der Waals surface area contributed by atoms with Gasteiger partial charge in [0.2, 0.25) is 15.9 Å². The van der Waals surface area contributed by atoms with Gasteiger partial charge in [0.25, 0.3) is 0 Å². The van der Waals surface area contributed by atoms with Gasteiger partial charge in [0.15, 0.2) is 0 Å². The van der Waals surface area contributed by atoms with E-state index >= 15 is 0 Å². The maximum absolute atomic E-state index is 11.7. The van der Waals surface area contributed by atoms with Gasteiger partial charge in [-0.25, -0.2) is 8.42 Å². The molecule has 0 aliphatic heterocycles. The minimum Gasteiger partial charge on any atom is -0.326 e. The van der Waals surface area contributed by atoms with Crippen LogP contribution < -0.4 is 5.73 Å². The lowest BCUT2D eigenvalue weighted by Crippen LogP contribution is -2.39. The third-order valence-corrected chi connectivity index (χ3v) is 3.71. The van der Waals surface area contributed by atoms with E-state index in [4.69, 9.17) is 5.73 Å². The van der Waals surface area contributed by atoms with Gasteiger partial charge in [-0.1, -0.05) is 19.6 Å². The van der Waals surface area contributed by atoms with E-state index in [9.17, 15) is 13.2 Å². The fraction of sp³-hybridized carbons (Fsp3) is 0.545. The van der Waals surface area contributed by atoms with Crippen molar-refractivity contribution < 1.29 is 13.2 Å².